The first-order valence-corrected chi connectivity index (χ1v) is 8.29. The number of nitrogens with zero attached hydrogens (tertiary/aromatic N) is 2. The van der Waals surface area contributed by atoms with Gasteiger partial charge >= 0.3 is 0 Å². The third-order valence-corrected chi connectivity index (χ3v) is 4.76. The number of rotatable bonds is 2. The molecule has 1 fully saturated rings. The highest BCUT2D eigenvalue weighted by molar-refractivity contribution is 7.07. The van der Waals surface area contributed by atoms with Crippen LogP contribution in [0.4, 0.5) is 14.5 Å². The number of pyridine rings is 1. The first-order valence-electron chi connectivity index (χ1n) is 7.35. The van der Waals surface area contributed by atoms with Crippen LogP contribution in [0.5, 0.6) is 0 Å². The van der Waals surface area contributed by atoms with Crippen LogP contribution in [0.1, 0.15) is 11.7 Å². The molecule has 1 saturated heterocycles. The van der Waals surface area contributed by atoms with Crippen LogP contribution < -0.4 is 4.90 Å². The standard InChI is InChI=1S/C17H14F2N2OS/c18-12-7-13-15(1-3-20-17(13)14(19)8-12)21-4-5-22-16(9-21)11-2-6-23-10-11/h1-3,6-8,10,16H,4-5,9H2. The predicted molar refractivity (Wildman–Crippen MR) is 86.9 cm³/mol. The van der Waals surface area contributed by atoms with Crippen LogP contribution in [0.25, 0.3) is 10.9 Å². The maximum absolute atomic E-state index is 13.9. The number of ether oxygens (including phenoxy) is 1. The third-order valence-electron chi connectivity index (χ3n) is 4.06. The lowest BCUT2D eigenvalue weighted by atomic mass is 10.1. The average Bonchev–Trinajstić information content (AvgIpc) is 3.09. The second-order valence-electron chi connectivity index (χ2n) is 5.48. The molecule has 3 aromatic rings. The molecule has 3 nitrogen and oxygen atoms in total. The molecule has 6 heteroatoms. The predicted octanol–water partition coefficient (Wildman–Crippen LogP) is 4.15. The lowest BCUT2D eigenvalue weighted by molar-refractivity contribution is 0.0401. The molecule has 0 spiro atoms. The molecule has 0 saturated carbocycles. The number of hydrogen-bond donors (Lipinski definition) is 0. The maximum Gasteiger partial charge on any atom is 0.152 e. The highest BCUT2D eigenvalue weighted by Crippen LogP contribution is 2.32. The molecule has 2 aromatic heterocycles. The topological polar surface area (TPSA) is 25.4 Å². The maximum atomic E-state index is 13.9. The lowest BCUT2D eigenvalue weighted by Gasteiger charge is -2.35. The van der Waals surface area contributed by atoms with Crippen LogP contribution in [0, 0.1) is 11.6 Å². The molecule has 1 unspecified atom stereocenters. The van der Waals surface area contributed by atoms with Gasteiger partial charge in [-0.15, -0.1) is 0 Å². The Morgan fingerprint density at radius 3 is 3.00 bits per heavy atom. The third kappa shape index (κ3) is 2.68. The highest BCUT2D eigenvalue weighted by Gasteiger charge is 2.24. The van der Waals surface area contributed by atoms with E-state index < -0.39 is 11.6 Å². The van der Waals surface area contributed by atoms with Gasteiger partial charge in [-0.05, 0) is 34.5 Å². The summed E-state index contributed by atoms with van der Waals surface area (Å²) in [5.74, 6) is -1.23. The quantitative estimate of drug-likeness (QED) is 0.705. The van der Waals surface area contributed by atoms with Crippen LogP contribution in [0.2, 0.25) is 0 Å². The molecule has 23 heavy (non-hydrogen) atoms. The molecule has 0 N–H and O–H groups in total. The van der Waals surface area contributed by atoms with Crippen molar-refractivity contribution < 1.29 is 13.5 Å². The van der Waals surface area contributed by atoms with Crippen LogP contribution in [0.3, 0.4) is 0 Å². The molecule has 4 rings (SSSR count). The van der Waals surface area contributed by atoms with Crippen molar-refractivity contribution in [1.82, 2.24) is 4.98 Å². The zero-order valence-corrected chi connectivity index (χ0v) is 13.0. The van der Waals surface area contributed by atoms with Crippen LogP contribution in [0.15, 0.2) is 41.2 Å². The monoisotopic (exact) mass is 332 g/mol. The molecule has 3 heterocycles. The van der Waals surface area contributed by atoms with E-state index in [-0.39, 0.29) is 11.6 Å². The fraction of sp³-hybridized carbons (Fsp3) is 0.235. The van der Waals surface area contributed by atoms with Gasteiger partial charge in [-0.25, -0.2) is 8.78 Å². The molecule has 0 bridgehead atoms. The molecule has 1 aliphatic rings. The lowest BCUT2D eigenvalue weighted by Crippen LogP contribution is -2.38. The second kappa shape index (κ2) is 5.86. The summed E-state index contributed by atoms with van der Waals surface area (Å²) in [4.78, 5) is 6.15. The summed E-state index contributed by atoms with van der Waals surface area (Å²) in [5, 5.41) is 4.58. The van der Waals surface area contributed by atoms with Gasteiger partial charge in [0.1, 0.15) is 17.4 Å². The summed E-state index contributed by atoms with van der Waals surface area (Å²) in [6.45, 7) is 1.90. The molecular weight excluding hydrogens is 318 g/mol. The van der Waals surface area contributed by atoms with Gasteiger partial charge in [0.25, 0.3) is 0 Å². The average molecular weight is 332 g/mol. The fourth-order valence-corrected chi connectivity index (χ4v) is 3.67. The zero-order chi connectivity index (χ0) is 15.8. The van der Waals surface area contributed by atoms with E-state index >= 15 is 0 Å². The van der Waals surface area contributed by atoms with Crippen LogP contribution in [-0.2, 0) is 4.74 Å². The summed E-state index contributed by atoms with van der Waals surface area (Å²) in [6, 6.07) is 6.06. The Kier molecular flexibility index (Phi) is 3.71. The van der Waals surface area contributed by atoms with Crippen molar-refractivity contribution in [2.75, 3.05) is 24.6 Å². The van der Waals surface area contributed by atoms with Crippen molar-refractivity contribution in [1.29, 1.82) is 0 Å². The van der Waals surface area contributed by atoms with Crippen molar-refractivity contribution in [2.45, 2.75) is 6.10 Å². The zero-order valence-electron chi connectivity index (χ0n) is 12.2. The smallest absolute Gasteiger partial charge is 0.152 e. The Hall–Kier alpha value is -2.05. The van der Waals surface area contributed by atoms with Crippen LogP contribution >= 0.6 is 11.3 Å². The first kappa shape index (κ1) is 14.5. The molecule has 0 radical (unpaired) electrons. The van der Waals surface area contributed by atoms with E-state index in [9.17, 15) is 8.78 Å². The number of thiophene rings is 1. The Morgan fingerprint density at radius 1 is 1.26 bits per heavy atom. The Bertz CT molecular complexity index is 838. The number of anilines is 1. The number of fused-ring (bicyclic) bond motifs is 1. The number of hydrogen-bond acceptors (Lipinski definition) is 4. The minimum atomic E-state index is -0.635. The van der Waals surface area contributed by atoms with Gasteiger partial charge in [-0.2, -0.15) is 11.3 Å². The van der Waals surface area contributed by atoms with Gasteiger partial charge in [-0.3, -0.25) is 4.98 Å². The normalized spacial score (nSPS) is 18.5. The summed E-state index contributed by atoms with van der Waals surface area (Å²) in [5.41, 5.74) is 2.12. The number of morpholine rings is 1. The fourth-order valence-electron chi connectivity index (χ4n) is 2.97. The van der Waals surface area contributed by atoms with Gasteiger partial charge in [-0.1, -0.05) is 0 Å². The van der Waals surface area contributed by atoms with E-state index in [0.717, 1.165) is 17.3 Å². The van der Waals surface area contributed by atoms with Crippen molar-refractivity contribution in [2.24, 2.45) is 0 Å². The summed E-state index contributed by atoms with van der Waals surface area (Å²) >= 11 is 1.63. The van der Waals surface area contributed by atoms with E-state index in [2.05, 4.69) is 15.3 Å². The Morgan fingerprint density at radius 2 is 2.17 bits per heavy atom. The minimum absolute atomic E-state index is 0.0309. The van der Waals surface area contributed by atoms with Gasteiger partial charge in [0.05, 0.1) is 6.61 Å². The molecular formula is C17H14F2N2OS. The van der Waals surface area contributed by atoms with Crippen molar-refractivity contribution in [3.8, 4) is 0 Å². The summed E-state index contributed by atoms with van der Waals surface area (Å²) in [7, 11) is 0. The van der Waals surface area contributed by atoms with Crippen molar-refractivity contribution >= 4 is 27.9 Å². The molecule has 1 atom stereocenters. The SMILES string of the molecule is Fc1cc(F)c2nccc(N3CCOC(c4ccsc4)C3)c2c1. The largest absolute Gasteiger partial charge is 0.370 e. The van der Waals surface area contributed by atoms with E-state index in [0.29, 0.717) is 25.1 Å². The molecule has 0 amide bonds. The van der Waals surface area contributed by atoms with E-state index in [4.69, 9.17) is 4.74 Å². The van der Waals surface area contributed by atoms with Gasteiger partial charge in [0, 0.05) is 36.4 Å². The molecule has 118 valence electrons. The number of benzene rings is 1. The van der Waals surface area contributed by atoms with Crippen molar-refractivity contribution in [3.63, 3.8) is 0 Å². The van der Waals surface area contributed by atoms with E-state index in [1.54, 1.807) is 23.6 Å². The van der Waals surface area contributed by atoms with E-state index in [1.807, 2.05) is 11.4 Å². The summed E-state index contributed by atoms with van der Waals surface area (Å²) in [6.07, 6.45) is 1.53. The second-order valence-corrected chi connectivity index (χ2v) is 6.26. The highest BCUT2D eigenvalue weighted by atomic mass is 32.1. The molecule has 1 aromatic carbocycles. The Balaban J connectivity index is 1.74. The van der Waals surface area contributed by atoms with Gasteiger partial charge in [0.2, 0.25) is 0 Å². The van der Waals surface area contributed by atoms with Gasteiger partial charge < -0.3 is 9.64 Å². The van der Waals surface area contributed by atoms with Crippen LogP contribution in [-0.4, -0.2) is 24.7 Å². The van der Waals surface area contributed by atoms with Crippen molar-refractivity contribution in [3.05, 3.63) is 58.4 Å². The molecule has 0 aliphatic carbocycles. The number of aromatic nitrogens is 1. The minimum Gasteiger partial charge on any atom is -0.370 e. The molecule has 1 aliphatic heterocycles. The Labute approximate surface area is 136 Å². The van der Waals surface area contributed by atoms with Gasteiger partial charge in [0.15, 0.2) is 5.82 Å². The number of halogens is 2. The summed E-state index contributed by atoms with van der Waals surface area (Å²) < 4.78 is 33.4. The van der Waals surface area contributed by atoms with E-state index in [1.165, 1.54) is 6.07 Å². The first-order chi connectivity index (χ1) is 11.2.